The molecule has 1 fully saturated rings. The fraction of sp³-hybridized carbons (Fsp3) is 0.382. The van der Waals surface area contributed by atoms with E-state index in [-0.39, 0.29) is 28.7 Å². The highest BCUT2D eigenvalue weighted by Gasteiger charge is 2.45. The van der Waals surface area contributed by atoms with Crippen molar-refractivity contribution in [1.29, 1.82) is 0 Å². The summed E-state index contributed by atoms with van der Waals surface area (Å²) in [6.07, 6.45) is 8.17. The van der Waals surface area contributed by atoms with Gasteiger partial charge in [0.2, 0.25) is 0 Å². The lowest BCUT2D eigenvalue weighted by molar-refractivity contribution is -0.120. The van der Waals surface area contributed by atoms with Crippen molar-refractivity contribution >= 4 is 20.1 Å². The van der Waals surface area contributed by atoms with Gasteiger partial charge in [0.05, 0.1) is 23.7 Å². The molecule has 6 heteroatoms. The van der Waals surface area contributed by atoms with Crippen molar-refractivity contribution in [3.05, 3.63) is 108 Å². The third kappa shape index (κ3) is 7.34. The van der Waals surface area contributed by atoms with Crippen molar-refractivity contribution in [2.45, 2.75) is 74.0 Å². The number of hydrogen-bond donors (Lipinski definition) is 0. The van der Waals surface area contributed by atoms with Crippen LogP contribution in [0.4, 0.5) is 0 Å². The Kier molecular flexibility index (Phi) is 10.1. The van der Waals surface area contributed by atoms with Gasteiger partial charge in [0, 0.05) is 19.2 Å². The van der Waals surface area contributed by atoms with Gasteiger partial charge in [-0.05, 0) is 47.0 Å². The van der Waals surface area contributed by atoms with E-state index >= 15 is 0 Å². The number of hydrogen-bond acceptors (Lipinski definition) is 5. The van der Waals surface area contributed by atoms with Crippen LogP contribution in [-0.2, 0) is 9.16 Å². The maximum atomic E-state index is 7.01. The van der Waals surface area contributed by atoms with Gasteiger partial charge in [-0.1, -0.05) is 106 Å². The van der Waals surface area contributed by atoms with Crippen molar-refractivity contribution in [3.8, 4) is 12.3 Å². The number of thioether (sulfide) groups is 1. The largest absolute Gasteiger partial charge is 0.413 e. The van der Waals surface area contributed by atoms with E-state index in [9.17, 15) is 0 Å². The molecule has 1 saturated heterocycles. The van der Waals surface area contributed by atoms with Crippen LogP contribution in [0, 0.1) is 12.3 Å². The van der Waals surface area contributed by atoms with Crippen LogP contribution in [0.3, 0.4) is 0 Å². The van der Waals surface area contributed by atoms with Crippen LogP contribution in [0.15, 0.2) is 102 Å². The zero-order valence-corrected chi connectivity index (χ0v) is 26.2. The SMILES string of the molecule is C#CC[C@H]1[C@H](Sc2ccccn2)O[C@H](c2ccccc2)[C@H](c2ccccc2)N1CC(=C)CO[Si](C)(C)C(C)(C)C. The summed E-state index contributed by atoms with van der Waals surface area (Å²) in [4.78, 5) is 7.10. The molecule has 0 saturated carbocycles. The number of terminal acetylenes is 1. The molecule has 0 aliphatic carbocycles. The molecule has 1 aliphatic heterocycles. The number of nitrogens with zero attached hydrogens (tertiary/aromatic N) is 2. The van der Waals surface area contributed by atoms with E-state index in [2.05, 4.69) is 111 Å². The highest BCUT2D eigenvalue weighted by Crippen LogP contribution is 2.48. The van der Waals surface area contributed by atoms with Crippen LogP contribution >= 0.6 is 11.8 Å². The molecule has 4 nitrogen and oxygen atoms in total. The van der Waals surface area contributed by atoms with Crippen LogP contribution in [0.1, 0.15) is 50.5 Å². The third-order valence-electron chi connectivity index (χ3n) is 7.99. The molecule has 0 bridgehead atoms. The van der Waals surface area contributed by atoms with E-state index in [1.165, 1.54) is 5.56 Å². The molecule has 4 rings (SSSR count). The summed E-state index contributed by atoms with van der Waals surface area (Å²) in [5.41, 5.74) is 3.15. The van der Waals surface area contributed by atoms with Gasteiger partial charge in [0.1, 0.15) is 11.5 Å². The second-order valence-electron chi connectivity index (χ2n) is 11.9. The zero-order chi connectivity index (χ0) is 28.8. The lowest BCUT2D eigenvalue weighted by Crippen LogP contribution is -2.53. The molecule has 0 spiro atoms. The summed E-state index contributed by atoms with van der Waals surface area (Å²) in [6, 6.07) is 27.0. The van der Waals surface area contributed by atoms with Crippen LogP contribution in [0.25, 0.3) is 0 Å². The molecular formula is C34H42N2O2SSi. The first-order valence-corrected chi connectivity index (χ1v) is 17.7. The van der Waals surface area contributed by atoms with Gasteiger partial charge < -0.3 is 9.16 Å². The molecule has 40 heavy (non-hydrogen) atoms. The Morgan fingerprint density at radius 1 is 1.02 bits per heavy atom. The average molecular weight is 571 g/mol. The maximum Gasteiger partial charge on any atom is 0.192 e. The molecule has 2 heterocycles. The summed E-state index contributed by atoms with van der Waals surface area (Å²) in [5, 5.41) is 1.05. The normalized spacial score (nSPS) is 22.0. The van der Waals surface area contributed by atoms with Gasteiger partial charge in [0.15, 0.2) is 8.32 Å². The Hall–Kier alpha value is -2.66. The Morgan fingerprint density at radius 2 is 1.65 bits per heavy atom. The van der Waals surface area contributed by atoms with Crippen LogP contribution in [0.5, 0.6) is 0 Å². The molecule has 2 aromatic carbocycles. The minimum Gasteiger partial charge on any atom is -0.413 e. The summed E-state index contributed by atoms with van der Waals surface area (Å²) in [6.45, 7) is 17.1. The van der Waals surface area contributed by atoms with Gasteiger partial charge in [-0.15, -0.1) is 12.3 Å². The first kappa shape index (κ1) is 30.3. The standard InChI is InChI=1S/C34H42N2O2SSi/c1-8-17-29-33(39-30-22-15-16-23-35-30)38-32(28-20-13-10-14-21-28)31(27-18-11-9-12-19-27)36(29)24-26(2)25-37-40(6,7)34(3,4)5/h1,9-16,18-23,29,31-33H,2,17,24-25H2,3-7H3/t29-,31-,32+,33-/m0/s1. The lowest BCUT2D eigenvalue weighted by Gasteiger charge is -2.50. The van der Waals surface area contributed by atoms with Gasteiger partial charge in [-0.25, -0.2) is 4.98 Å². The summed E-state index contributed by atoms with van der Waals surface area (Å²) >= 11 is 1.64. The summed E-state index contributed by atoms with van der Waals surface area (Å²) in [5.74, 6) is 2.95. The topological polar surface area (TPSA) is 34.6 Å². The monoisotopic (exact) mass is 570 g/mol. The zero-order valence-electron chi connectivity index (χ0n) is 24.4. The maximum absolute atomic E-state index is 7.01. The average Bonchev–Trinajstić information content (AvgIpc) is 2.94. The van der Waals surface area contributed by atoms with E-state index < -0.39 is 8.32 Å². The second-order valence-corrected chi connectivity index (χ2v) is 17.9. The number of benzene rings is 2. The van der Waals surface area contributed by atoms with Crippen molar-refractivity contribution in [1.82, 2.24) is 9.88 Å². The van der Waals surface area contributed by atoms with Crippen molar-refractivity contribution in [3.63, 3.8) is 0 Å². The number of ether oxygens (including phenoxy) is 1. The number of rotatable bonds is 10. The minimum absolute atomic E-state index is 0.0489. The number of morpholine rings is 1. The summed E-state index contributed by atoms with van der Waals surface area (Å²) in [7, 11) is -1.93. The second kappa shape index (κ2) is 13.3. The van der Waals surface area contributed by atoms with Gasteiger partial charge in [0.25, 0.3) is 0 Å². The first-order chi connectivity index (χ1) is 19.1. The molecule has 3 aromatic rings. The van der Waals surface area contributed by atoms with Crippen LogP contribution in [-0.4, -0.2) is 42.8 Å². The molecule has 0 radical (unpaired) electrons. The summed E-state index contributed by atoms with van der Waals surface area (Å²) < 4.78 is 13.6. The Labute approximate surface area is 246 Å². The van der Waals surface area contributed by atoms with E-state index in [1.807, 2.05) is 30.5 Å². The molecule has 1 aliphatic rings. The Morgan fingerprint density at radius 3 is 2.23 bits per heavy atom. The Bertz CT molecular complexity index is 1270. The lowest BCUT2D eigenvalue weighted by atomic mass is 9.90. The molecule has 0 N–H and O–H groups in total. The highest BCUT2D eigenvalue weighted by atomic mass is 32.2. The fourth-order valence-corrected chi connectivity index (χ4v) is 6.86. The molecule has 0 unspecified atom stereocenters. The van der Waals surface area contributed by atoms with Crippen molar-refractivity contribution in [2.24, 2.45) is 0 Å². The number of pyridine rings is 1. The first-order valence-electron chi connectivity index (χ1n) is 13.9. The molecule has 210 valence electrons. The molecule has 0 amide bonds. The van der Waals surface area contributed by atoms with Gasteiger partial charge >= 0.3 is 0 Å². The van der Waals surface area contributed by atoms with E-state index in [0.29, 0.717) is 19.6 Å². The molecule has 1 aromatic heterocycles. The molecular weight excluding hydrogens is 529 g/mol. The predicted molar refractivity (Wildman–Crippen MR) is 170 cm³/mol. The number of aromatic nitrogens is 1. The van der Waals surface area contributed by atoms with Crippen molar-refractivity contribution < 1.29 is 9.16 Å². The van der Waals surface area contributed by atoms with Gasteiger partial charge in [-0.2, -0.15) is 0 Å². The third-order valence-corrected chi connectivity index (χ3v) is 13.6. The predicted octanol–water partition coefficient (Wildman–Crippen LogP) is 8.28. The highest BCUT2D eigenvalue weighted by molar-refractivity contribution is 7.99. The van der Waals surface area contributed by atoms with Crippen LogP contribution < -0.4 is 0 Å². The van der Waals surface area contributed by atoms with Crippen molar-refractivity contribution in [2.75, 3.05) is 13.2 Å². The quantitative estimate of drug-likeness (QED) is 0.139. The minimum atomic E-state index is -1.93. The smallest absolute Gasteiger partial charge is 0.192 e. The van der Waals surface area contributed by atoms with Gasteiger partial charge in [-0.3, -0.25) is 4.90 Å². The van der Waals surface area contributed by atoms with E-state index in [4.69, 9.17) is 15.6 Å². The van der Waals surface area contributed by atoms with E-state index in [0.717, 1.165) is 16.2 Å². The van der Waals surface area contributed by atoms with Crippen LogP contribution in [0.2, 0.25) is 18.1 Å². The molecule has 4 atom stereocenters. The Balaban J connectivity index is 1.74. The fourth-order valence-electron chi connectivity index (χ4n) is 4.76. The van der Waals surface area contributed by atoms with E-state index in [1.54, 1.807) is 11.8 Å².